The van der Waals surface area contributed by atoms with Gasteiger partial charge in [0.05, 0.1) is 13.7 Å². The predicted molar refractivity (Wildman–Crippen MR) is 112 cm³/mol. The van der Waals surface area contributed by atoms with Gasteiger partial charge in [-0.15, -0.1) is 0 Å². The SMILES string of the molecule is COc1ccc2c(c1)C(=O)N(C[C@@]1(c3cc4nc(C5CC5)ccc4o3)NC(=O)NC1=O)C2. The highest BCUT2D eigenvalue weighted by molar-refractivity contribution is 6.08. The third-order valence-electron chi connectivity index (χ3n) is 6.38. The largest absolute Gasteiger partial charge is 0.497 e. The van der Waals surface area contributed by atoms with E-state index in [0.29, 0.717) is 34.9 Å². The fourth-order valence-electron chi connectivity index (χ4n) is 4.49. The summed E-state index contributed by atoms with van der Waals surface area (Å²) in [6.07, 6.45) is 2.24. The van der Waals surface area contributed by atoms with E-state index in [1.807, 2.05) is 18.2 Å². The summed E-state index contributed by atoms with van der Waals surface area (Å²) < 4.78 is 11.2. The summed E-state index contributed by atoms with van der Waals surface area (Å²) in [5.74, 6) is 0.495. The number of amides is 4. The van der Waals surface area contributed by atoms with Crippen LogP contribution in [-0.4, -0.2) is 41.4 Å². The number of rotatable bonds is 5. The van der Waals surface area contributed by atoms with Crippen LogP contribution in [0.2, 0.25) is 0 Å². The van der Waals surface area contributed by atoms with E-state index < -0.39 is 17.5 Å². The van der Waals surface area contributed by atoms with Crippen LogP contribution in [0.1, 0.15) is 46.1 Å². The zero-order chi connectivity index (χ0) is 22.0. The molecule has 1 atom stereocenters. The van der Waals surface area contributed by atoms with Crippen LogP contribution < -0.4 is 15.4 Å². The van der Waals surface area contributed by atoms with E-state index >= 15 is 0 Å². The summed E-state index contributed by atoms with van der Waals surface area (Å²) in [4.78, 5) is 44.4. The molecule has 1 aliphatic carbocycles. The number of imide groups is 1. The average Bonchev–Trinajstić information content (AvgIpc) is 3.39. The lowest BCUT2D eigenvalue weighted by atomic mass is 9.95. The van der Waals surface area contributed by atoms with Gasteiger partial charge in [-0.25, -0.2) is 9.78 Å². The van der Waals surface area contributed by atoms with Crippen molar-refractivity contribution >= 4 is 28.9 Å². The lowest BCUT2D eigenvalue weighted by molar-refractivity contribution is -0.125. The van der Waals surface area contributed by atoms with Crippen LogP contribution in [0.5, 0.6) is 5.75 Å². The number of furan rings is 1. The number of benzene rings is 1. The van der Waals surface area contributed by atoms with Crippen molar-refractivity contribution in [3.05, 3.63) is 59.0 Å². The fourth-order valence-corrected chi connectivity index (χ4v) is 4.49. The molecule has 3 aromatic rings. The molecule has 32 heavy (non-hydrogen) atoms. The van der Waals surface area contributed by atoms with Crippen molar-refractivity contribution in [1.29, 1.82) is 0 Å². The second-order valence-electron chi connectivity index (χ2n) is 8.50. The molecule has 162 valence electrons. The van der Waals surface area contributed by atoms with Crippen molar-refractivity contribution in [3.8, 4) is 5.75 Å². The van der Waals surface area contributed by atoms with E-state index in [0.717, 1.165) is 24.1 Å². The Morgan fingerprint density at radius 1 is 1.19 bits per heavy atom. The van der Waals surface area contributed by atoms with Crippen molar-refractivity contribution in [2.45, 2.75) is 30.8 Å². The molecule has 0 unspecified atom stereocenters. The molecular formula is C23H20N4O5. The monoisotopic (exact) mass is 432 g/mol. The second kappa shape index (κ2) is 6.56. The topological polar surface area (TPSA) is 114 Å². The van der Waals surface area contributed by atoms with Gasteiger partial charge in [0.1, 0.15) is 17.0 Å². The molecular weight excluding hydrogens is 412 g/mol. The molecule has 4 amide bonds. The van der Waals surface area contributed by atoms with Crippen LogP contribution in [0, 0.1) is 0 Å². The number of carbonyl (C=O) groups is 3. The molecule has 0 spiro atoms. The normalized spacial score (nSPS) is 22.3. The Kier molecular flexibility index (Phi) is 3.86. The van der Waals surface area contributed by atoms with E-state index in [1.54, 1.807) is 18.2 Å². The van der Waals surface area contributed by atoms with Crippen LogP contribution in [-0.2, 0) is 16.9 Å². The summed E-state index contributed by atoms with van der Waals surface area (Å²) in [7, 11) is 1.54. The number of methoxy groups -OCH3 is 1. The lowest BCUT2D eigenvalue weighted by Gasteiger charge is -2.28. The number of nitrogens with one attached hydrogen (secondary N) is 2. The number of ether oxygens (including phenoxy) is 1. The van der Waals surface area contributed by atoms with Gasteiger partial charge in [-0.3, -0.25) is 14.9 Å². The smallest absolute Gasteiger partial charge is 0.322 e. The Hall–Kier alpha value is -3.88. The molecule has 6 rings (SSSR count). The van der Waals surface area contributed by atoms with Gasteiger partial charge in [0.15, 0.2) is 11.1 Å². The van der Waals surface area contributed by atoms with Gasteiger partial charge in [0, 0.05) is 29.8 Å². The first-order valence-electron chi connectivity index (χ1n) is 10.5. The Morgan fingerprint density at radius 3 is 2.75 bits per heavy atom. The van der Waals surface area contributed by atoms with Gasteiger partial charge in [-0.2, -0.15) is 0 Å². The third kappa shape index (κ3) is 2.77. The summed E-state index contributed by atoms with van der Waals surface area (Å²) in [6, 6.07) is 10.1. The van der Waals surface area contributed by atoms with Gasteiger partial charge >= 0.3 is 6.03 Å². The van der Waals surface area contributed by atoms with Crippen molar-refractivity contribution in [2.75, 3.05) is 13.7 Å². The van der Waals surface area contributed by atoms with Crippen LogP contribution in [0.25, 0.3) is 11.1 Å². The standard InChI is InChI=1S/C23H20N4O5/c1-31-14-5-4-13-10-27(20(28)15(13)8-14)11-23(21(29)25-22(30)26-23)19-9-17-18(32-19)7-6-16(24-17)12-2-3-12/h4-9,12H,2-3,10-11H2,1H3,(H2,25,26,29,30)/t23-/m0/s1. The minimum absolute atomic E-state index is 0.0737. The average molecular weight is 432 g/mol. The molecule has 0 radical (unpaired) electrons. The highest BCUT2D eigenvalue weighted by atomic mass is 16.5. The van der Waals surface area contributed by atoms with Crippen LogP contribution in [0.4, 0.5) is 4.79 Å². The highest BCUT2D eigenvalue weighted by Gasteiger charge is 2.53. The molecule has 4 heterocycles. The maximum atomic E-state index is 13.1. The van der Waals surface area contributed by atoms with Gasteiger partial charge in [-0.05, 0) is 42.7 Å². The highest BCUT2D eigenvalue weighted by Crippen LogP contribution is 2.40. The number of urea groups is 1. The number of fused-ring (bicyclic) bond motifs is 2. The Morgan fingerprint density at radius 2 is 2.03 bits per heavy atom. The Labute approximate surface area is 182 Å². The van der Waals surface area contributed by atoms with E-state index in [1.165, 1.54) is 12.0 Å². The number of hydrogen-bond acceptors (Lipinski definition) is 6. The molecule has 9 nitrogen and oxygen atoms in total. The van der Waals surface area contributed by atoms with E-state index in [9.17, 15) is 14.4 Å². The third-order valence-corrected chi connectivity index (χ3v) is 6.38. The molecule has 2 aromatic heterocycles. The van der Waals surface area contributed by atoms with Gasteiger partial charge < -0.3 is 19.4 Å². The van der Waals surface area contributed by atoms with Gasteiger partial charge in [0.25, 0.3) is 11.8 Å². The molecule has 1 saturated carbocycles. The summed E-state index contributed by atoms with van der Waals surface area (Å²) in [5, 5.41) is 4.99. The molecule has 3 aliphatic rings. The number of pyridine rings is 1. The first kappa shape index (κ1) is 18.9. The van der Waals surface area contributed by atoms with Crippen LogP contribution in [0.3, 0.4) is 0 Å². The first-order valence-corrected chi connectivity index (χ1v) is 10.5. The number of aromatic nitrogens is 1. The quantitative estimate of drug-likeness (QED) is 0.599. The van der Waals surface area contributed by atoms with Crippen LogP contribution in [0.15, 0.2) is 40.8 Å². The Balaban J connectivity index is 1.38. The van der Waals surface area contributed by atoms with E-state index in [-0.39, 0.29) is 18.2 Å². The van der Waals surface area contributed by atoms with Crippen molar-refractivity contribution < 1.29 is 23.5 Å². The summed E-state index contributed by atoms with van der Waals surface area (Å²) >= 11 is 0. The maximum Gasteiger partial charge on any atom is 0.322 e. The minimum atomic E-state index is -1.54. The molecule has 2 N–H and O–H groups in total. The van der Waals surface area contributed by atoms with Crippen LogP contribution >= 0.6 is 0 Å². The number of hydrogen-bond donors (Lipinski definition) is 2. The maximum absolute atomic E-state index is 13.1. The molecule has 1 saturated heterocycles. The lowest BCUT2D eigenvalue weighted by Crippen LogP contribution is -2.52. The minimum Gasteiger partial charge on any atom is -0.497 e. The number of nitrogens with zero attached hydrogens (tertiary/aromatic N) is 2. The van der Waals surface area contributed by atoms with Crippen molar-refractivity contribution in [1.82, 2.24) is 20.5 Å². The van der Waals surface area contributed by atoms with Crippen molar-refractivity contribution in [2.24, 2.45) is 0 Å². The summed E-state index contributed by atoms with van der Waals surface area (Å²) in [6.45, 7) is 0.239. The first-order chi connectivity index (χ1) is 15.5. The number of carbonyl (C=O) groups excluding carboxylic acids is 3. The zero-order valence-corrected chi connectivity index (χ0v) is 17.3. The fraction of sp³-hybridized carbons (Fsp3) is 0.304. The molecule has 1 aromatic carbocycles. The van der Waals surface area contributed by atoms with E-state index in [2.05, 4.69) is 15.6 Å². The van der Waals surface area contributed by atoms with E-state index in [4.69, 9.17) is 9.15 Å². The summed E-state index contributed by atoms with van der Waals surface area (Å²) in [5.41, 5.74) is 1.95. The Bertz CT molecular complexity index is 1310. The molecule has 0 bridgehead atoms. The van der Waals surface area contributed by atoms with Gasteiger partial charge in [-0.1, -0.05) is 6.07 Å². The zero-order valence-electron chi connectivity index (χ0n) is 17.3. The molecule has 9 heteroatoms. The predicted octanol–water partition coefficient (Wildman–Crippen LogP) is 2.40. The second-order valence-corrected chi connectivity index (χ2v) is 8.50. The van der Waals surface area contributed by atoms with Gasteiger partial charge in [0.2, 0.25) is 0 Å². The molecule has 2 aliphatic heterocycles. The molecule has 2 fully saturated rings. The van der Waals surface area contributed by atoms with Crippen molar-refractivity contribution in [3.63, 3.8) is 0 Å².